The highest BCUT2D eigenvalue weighted by Gasteiger charge is 2.26. The largest absolute Gasteiger partial charge is 0.380 e. The maximum atomic E-state index is 5.85. The maximum absolute atomic E-state index is 5.85. The molecule has 0 saturated carbocycles. The van der Waals surface area contributed by atoms with Crippen molar-refractivity contribution in [3.8, 4) is 0 Å². The first-order valence-corrected chi connectivity index (χ1v) is 6.67. The Hall–Kier alpha value is -0.120. The minimum absolute atomic E-state index is 0.566. The molecule has 1 rings (SSSR count). The van der Waals surface area contributed by atoms with Gasteiger partial charge in [-0.3, -0.25) is 4.90 Å². The molecule has 1 fully saturated rings. The van der Waals surface area contributed by atoms with Crippen molar-refractivity contribution in [1.29, 1.82) is 0 Å². The molecule has 1 aliphatic rings. The van der Waals surface area contributed by atoms with Crippen molar-refractivity contribution < 1.29 is 4.74 Å². The molecular weight excluding hydrogens is 200 g/mol. The van der Waals surface area contributed by atoms with Crippen LogP contribution in [-0.2, 0) is 4.74 Å². The zero-order valence-corrected chi connectivity index (χ0v) is 11.1. The lowest BCUT2D eigenvalue weighted by Crippen LogP contribution is -2.49. The Kier molecular flexibility index (Phi) is 6.32. The van der Waals surface area contributed by atoms with Crippen LogP contribution in [0.15, 0.2) is 0 Å². The topological polar surface area (TPSA) is 38.5 Å². The average Bonchev–Trinajstić information content (AvgIpc) is 2.24. The van der Waals surface area contributed by atoms with Gasteiger partial charge in [0.05, 0.1) is 6.61 Å². The summed E-state index contributed by atoms with van der Waals surface area (Å²) >= 11 is 0. The van der Waals surface area contributed by atoms with E-state index in [9.17, 15) is 0 Å². The molecule has 0 bridgehead atoms. The Balaban J connectivity index is 2.23. The number of nitrogens with two attached hydrogens (primary N) is 1. The molecule has 2 N–H and O–H groups in total. The van der Waals surface area contributed by atoms with Crippen LogP contribution in [0.2, 0.25) is 0 Å². The van der Waals surface area contributed by atoms with Crippen molar-refractivity contribution in [2.24, 2.45) is 17.6 Å². The fraction of sp³-hybridized carbons (Fsp3) is 1.00. The number of hydrogen-bond acceptors (Lipinski definition) is 3. The maximum Gasteiger partial charge on any atom is 0.0593 e. The van der Waals surface area contributed by atoms with Crippen LogP contribution in [0.1, 0.15) is 33.6 Å². The Morgan fingerprint density at radius 2 is 2.19 bits per heavy atom. The minimum Gasteiger partial charge on any atom is -0.380 e. The molecule has 96 valence electrons. The second-order valence-electron chi connectivity index (χ2n) is 5.43. The van der Waals surface area contributed by atoms with Crippen molar-refractivity contribution in [1.82, 2.24) is 4.90 Å². The van der Waals surface area contributed by atoms with Gasteiger partial charge in [-0.25, -0.2) is 0 Å². The number of nitrogens with zero attached hydrogens (tertiary/aromatic N) is 1. The number of ether oxygens (including phenoxy) is 1. The van der Waals surface area contributed by atoms with E-state index in [4.69, 9.17) is 10.5 Å². The van der Waals surface area contributed by atoms with E-state index in [1.165, 1.54) is 19.4 Å². The summed E-state index contributed by atoms with van der Waals surface area (Å²) in [6.07, 6.45) is 2.63. The van der Waals surface area contributed by atoms with Crippen molar-refractivity contribution in [2.45, 2.75) is 39.7 Å². The van der Waals surface area contributed by atoms with Gasteiger partial charge in [-0.15, -0.1) is 0 Å². The molecule has 16 heavy (non-hydrogen) atoms. The van der Waals surface area contributed by atoms with Crippen LogP contribution in [0.5, 0.6) is 0 Å². The zero-order chi connectivity index (χ0) is 12.0. The highest BCUT2D eigenvalue weighted by molar-refractivity contribution is 4.82. The van der Waals surface area contributed by atoms with Gasteiger partial charge in [0.2, 0.25) is 0 Å². The fourth-order valence-electron chi connectivity index (χ4n) is 2.49. The van der Waals surface area contributed by atoms with E-state index in [0.29, 0.717) is 12.0 Å². The lowest BCUT2D eigenvalue weighted by molar-refractivity contribution is 0.0461. The Labute approximate surface area is 100 Å². The van der Waals surface area contributed by atoms with E-state index >= 15 is 0 Å². The number of rotatable bonds is 6. The highest BCUT2D eigenvalue weighted by Crippen LogP contribution is 2.21. The van der Waals surface area contributed by atoms with Gasteiger partial charge in [0.25, 0.3) is 0 Å². The van der Waals surface area contributed by atoms with Gasteiger partial charge in [0.1, 0.15) is 0 Å². The summed E-state index contributed by atoms with van der Waals surface area (Å²) in [5, 5.41) is 0. The van der Waals surface area contributed by atoms with Crippen LogP contribution in [-0.4, -0.2) is 43.8 Å². The van der Waals surface area contributed by atoms with Crippen LogP contribution < -0.4 is 5.73 Å². The Morgan fingerprint density at radius 3 is 2.81 bits per heavy atom. The second-order valence-corrected chi connectivity index (χ2v) is 5.43. The first-order chi connectivity index (χ1) is 7.65. The first kappa shape index (κ1) is 13.9. The van der Waals surface area contributed by atoms with E-state index in [0.717, 1.165) is 32.2 Å². The fourth-order valence-corrected chi connectivity index (χ4v) is 2.49. The van der Waals surface area contributed by atoms with Gasteiger partial charge < -0.3 is 10.5 Å². The monoisotopic (exact) mass is 228 g/mol. The van der Waals surface area contributed by atoms with Crippen molar-refractivity contribution in [3.63, 3.8) is 0 Å². The summed E-state index contributed by atoms with van der Waals surface area (Å²) in [6.45, 7) is 11.4. The summed E-state index contributed by atoms with van der Waals surface area (Å²) in [6, 6.07) is 0.566. The quantitative estimate of drug-likeness (QED) is 0.704. The van der Waals surface area contributed by atoms with Gasteiger partial charge in [0.15, 0.2) is 0 Å². The van der Waals surface area contributed by atoms with Crippen molar-refractivity contribution in [2.75, 3.05) is 32.8 Å². The second kappa shape index (κ2) is 7.25. The van der Waals surface area contributed by atoms with E-state index in [1.54, 1.807) is 0 Å². The molecule has 0 aliphatic carbocycles. The standard InChI is InChI=1S/C13H28N2O/c1-11(2)10-16-8-7-15-6-4-5-12(3)13(15)9-14/h11-13H,4-10,14H2,1-3H3. The van der Waals surface area contributed by atoms with Gasteiger partial charge >= 0.3 is 0 Å². The average molecular weight is 228 g/mol. The molecule has 0 radical (unpaired) electrons. The molecule has 0 aromatic rings. The van der Waals surface area contributed by atoms with E-state index in [-0.39, 0.29) is 0 Å². The minimum atomic E-state index is 0.566. The van der Waals surface area contributed by atoms with Crippen LogP contribution in [0, 0.1) is 11.8 Å². The first-order valence-electron chi connectivity index (χ1n) is 6.67. The van der Waals surface area contributed by atoms with E-state index in [1.807, 2.05) is 0 Å². The normalized spacial score (nSPS) is 27.6. The van der Waals surface area contributed by atoms with Crippen molar-refractivity contribution in [3.05, 3.63) is 0 Å². The summed E-state index contributed by atoms with van der Waals surface area (Å²) in [7, 11) is 0. The molecule has 2 atom stereocenters. The zero-order valence-electron chi connectivity index (χ0n) is 11.1. The van der Waals surface area contributed by atoms with E-state index in [2.05, 4.69) is 25.7 Å². The van der Waals surface area contributed by atoms with Crippen LogP contribution >= 0.6 is 0 Å². The Morgan fingerprint density at radius 1 is 1.44 bits per heavy atom. The smallest absolute Gasteiger partial charge is 0.0593 e. The third-order valence-corrected chi connectivity index (χ3v) is 3.45. The molecule has 3 nitrogen and oxygen atoms in total. The predicted octanol–water partition coefficient (Wildman–Crippen LogP) is 1.72. The molecule has 1 aliphatic heterocycles. The number of piperidine rings is 1. The summed E-state index contributed by atoms with van der Waals surface area (Å²) in [4.78, 5) is 2.51. The molecular formula is C13H28N2O. The molecule has 1 heterocycles. The van der Waals surface area contributed by atoms with Gasteiger partial charge in [-0.2, -0.15) is 0 Å². The van der Waals surface area contributed by atoms with Gasteiger partial charge in [0, 0.05) is 25.7 Å². The highest BCUT2D eigenvalue weighted by atomic mass is 16.5. The predicted molar refractivity (Wildman–Crippen MR) is 68.5 cm³/mol. The SMILES string of the molecule is CC(C)COCCN1CCCC(C)C1CN. The Bertz CT molecular complexity index is 185. The molecule has 3 heteroatoms. The van der Waals surface area contributed by atoms with Gasteiger partial charge in [-0.05, 0) is 31.2 Å². The summed E-state index contributed by atoms with van der Waals surface area (Å²) < 4.78 is 5.64. The molecule has 0 spiro atoms. The van der Waals surface area contributed by atoms with Crippen LogP contribution in [0.25, 0.3) is 0 Å². The lowest BCUT2D eigenvalue weighted by Gasteiger charge is -2.39. The third-order valence-electron chi connectivity index (χ3n) is 3.45. The van der Waals surface area contributed by atoms with E-state index < -0.39 is 0 Å². The van der Waals surface area contributed by atoms with Gasteiger partial charge in [-0.1, -0.05) is 20.8 Å². The third kappa shape index (κ3) is 4.40. The van der Waals surface area contributed by atoms with Crippen LogP contribution in [0.4, 0.5) is 0 Å². The van der Waals surface area contributed by atoms with Crippen LogP contribution in [0.3, 0.4) is 0 Å². The molecule has 0 aromatic carbocycles. The number of likely N-dealkylation sites (tertiary alicyclic amines) is 1. The lowest BCUT2D eigenvalue weighted by atomic mass is 9.91. The molecule has 2 unspecified atom stereocenters. The molecule has 1 saturated heterocycles. The molecule has 0 amide bonds. The summed E-state index contributed by atoms with van der Waals surface area (Å²) in [5.41, 5.74) is 5.85. The number of hydrogen-bond donors (Lipinski definition) is 1. The van der Waals surface area contributed by atoms with Crippen molar-refractivity contribution >= 4 is 0 Å². The molecule has 0 aromatic heterocycles. The summed E-state index contributed by atoms with van der Waals surface area (Å²) in [5.74, 6) is 1.37.